The van der Waals surface area contributed by atoms with E-state index in [9.17, 15) is 13.2 Å². The summed E-state index contributed by atoms with van der Waals surface area (Å²) in [6.45, 7) is 0.529. The van der Waals surface area contributed by atoms with E-state index in [4.69, 9.17) is 4.52 Å². The fourth-order valence-corrected chi connectivity index (χ4v) is 2.22. The fraction of sp³-hybridized carbons (Fsp3) is 0.583. The van der Waals surface area contributed by atoms with Crippen LogP contribution in [0.15, 0.2) is 16.9 Å². The summed E-state index contributed by atoms with van der Waals surface area (Å²) in [5.74, 6) is -3.33. The van der Waals surface area contributed by atoms with Gasteiger partial charge in [0.05, 0.1) is 18.3 Å². The second-order valence-corrected chi connectivity index (χ2v) is 5.04. The highest BCUT2D eigenvalue weighted by molar-refractivity contribution is 5.51. The van der Waals surface area contributed by atoms with Gasteiger partial charge in [0.15, 0.2) is 0 Å². The van der Waals surface area contributed by atoms with E-state index in [1.54, 1.807) is 6.20 Å². The Labute approximate surface area is 112 Å². The molecular formula is C12H13F3N4O. The molecule has 1 aliphatic rings. The molecule has 3 rings (SSSR count). The van der Waals surface area contributed by atoms with E-state index >= 15 is 0 Å². The van der Waals surface area contributed by atoms with Crippen LogP contribution in [0, 0.1) is 5.92 Å². The van der Waals surface area contributed by atoms with Crippen LogP contribution in [-0.2, 0) is 6.54 Å². The van der Waals surface area contributed by atoms with E-state index in [2.05, 4.69) is 15.2 Å². The number of hydrogen-bond acceptors (Lipinski definition) is 4. The molecule has 2 atom stereocenters. The molecule has 0 aromatic carbocycles. The smallest absolute Gasteiger partial charge is 0.248 e. The van der Waals surface area contributed by atoms with Crippen LogP contribution in [-0.4, -0.2) is 32.5 Å². The Hall–Kier alpha value is -1.86. The molecule has 0 bridgehead atoms. The molecular weight excluding hydrogens is 273 g/mol. The lowest BCUT2D eigenvalue weighted by atomic mass is 10.2. The van der Waals surface area contributed by atoms with E-state index < -0.39 is 18.5 Å². The van der Waals surface area contributed by atoms with Crippen LogP contribution in [0.5, 0.6) is 0 Å². The Morgan fingerprint density at radius 3 is 2.95 bits per heavy atom. The highest BCUT2D eigenvalue weighted by atomic mass is 19.3. The Morgan fingerprint density at radius 2 is 2.30 bits per heavy atom. The van der Waals surface area contributed by atoms with E-state index in [0.29, 0.717) is 12.0 Å². The maximum absolute atomic E-state index is 13.1. The van der Waals surface area contributed by atoms with Crippen LogP contribution >= 0.6 is 0 Å². The Kier molecular flexibility index (Phi) is 3.02. The first-order valence-corrected chi connectivity index (χ1v) is 6.29. The first-order chi connectivity index (χ1) is 9.49. The highest BCUT2D eigenvalue weighted by Gasteiger charge is 2.55. The van der Waals surface area contributed by atoms with E-state index in [1.165, 1.54) is 10.9 Å². The van der Waals surface area contributed by atoms with Gasteiger partial charge in [-0.1, -0.05) is 5.16 Å². The van der Waals surface area contributed by atoms with Crippen LogP contribution < -0.4 is 0 Å². The van der Waals surface area contributed by atoms with Crippen molar-refractivity contribution < 1.29 is 17.7 Å². The SMILES string of the molecule is CC(F)(F)[C@@H]1C[C@H]1c1nc(-c2cnn(CCF)c2)no1. The predicted octanol–water partition coefficient (Wildman–Crippen LogP) is 2.66. The van der Waals surface area contributed by atoms with Gasteiger partial charge in [0.25, 0.3) is 0 Å². The van der Waals surface area contributed by atoms with Gasteiger partial charge < -0.3 is 4.52 Å². The third kappa shape index (κ3) is 2.41. The molecule has 1 aliphatic carbocycles. The summed E-state index contributed by atoms with van der Waals surface area (Å²) in [6.07, 6.45) is 3.43. The van der Waals surface area contributed by atoms with Crippen LogP contribution in [0.2, 0.25) is 0 Å². The average Bonchev–Trinajstić information content (AvgIpc) is 2.84. The van der Waals surface area contributed by atoms with Gasteiger partial charge in [-0.15, -0.1) is 0 Å². The molecule has 0 aliphatic heterocycles. The second-order valence-electron chi connectivity index (χ2n) is 5.04. The first-order valence-electron chi connectivity index (χ1n) is 6.29. The largest absolute Gasteiger partial charge is 0.339 e. The summed E-state index contributed by atoms with van der Waals surface area (Å²) in [6, 6.07) is 0. The van der Waals surface area contributed by atoms with E-state index in [-0.39, 0.29) is 24.2 Å². The molecule has 20 heavy (non-hydrogen) atoms. The number of alkyl halides is 3. The average molecular weight is 286 g/mol. The molecule has 2 heterocycles. The van der Waals surface area contributed by atoms with Crippen molar-refractivity contribution in [3.8, 4) is 11.4 Å². The molecule has 0 saturated heterocycles. The van der Waals surface area contributed by atoms with Crippen molar-refractivity contribution in [2.24, 2.45) is 5.92 Å². The van der Waals surface area contributed by atoms with Crippen molar-refractivity contribution in [2.75, 3.05) is 6.67 Å². The number of halogens is 3. The number of aromatic nitrogens is 4. The van der Waals surface area contributed by atoms with Crippen molar-refractivity contribution in [3.63, 3.8) is 0 Å². The summed E-state index contributed by atoms with van der Waals surface area (Å²) in [4.78, 5) is 4.12. The van der Waals surface area contributed by atoms with Crippen molar-refractivity contribution in [2.45, 2.75) is 31.7 Å². The second kappa shape index (κ2) is 4.60. The minimum Gasteiger partial charge on any atom is -0.339 e. The van der Waals surface area contributed by atoms with Gasteiger partial charge in [0.1, 0.15) is 6.67 Å². The van der Waals surface area contributed by atoms with Crippen molar-refractivity contribution in [3.05, 3.63) is 18.3 Å². The molecule has 1 fully saturated rings. The monoisotopic (exact) mass is 286 g/mol. The molecule has 108 valence electrons. The number of hydrogen-bond donors (Lipinski definition) is 0. The zero-order valence-corrected chi connectivity index (χ0v) is 10.8. The van der Waals surface area contributed by atoms with E-state index in [1.807, 2.05) is 0 Å². The molecule has 5 nitrogen and oxygen atoms in total. The van der Waals surface area contributed by atoms with Gasteiger partial charge in [-0.25, -0.2) is 13.2 Å². The summed E-state index contributed by atoms with van der Waals surface area (Å²) in [5, 5.41) is 7.70. The van der Waals surface area contributed by atoms with Crippen molar-refractivity contribution in [1.82, 2.24) is 19.9 Å². The summed E-state index contributed by atoms with van der Waals surface area (Å²) < 4.78 is 44.9. The zero-order chi connectivity index (χ0) is 14.3. The molecule has 0 radical (unpaired) electrons. The molecule has 2 aromatic heterocycles. The topological polar surface area (TPSA) is 56.7 Å². The molecule has 1 saturated carbocycles. The maximum Gasteiger partial charge on any atom is 0.248 e. The molecule has 0 unspecified atom stereocenters. The Bertz CT molecular complexity index is 604. The van der Waals surface area contributed by atoms with Crippen molar-refractivity contribution >= 4 is 0 Å². The third-order valence-electron chi connectivity index (χ3n) is 3.41. The Balaban J connectivity index is 1.74. The summed E-state index contributed by atoms with van der Waals surface area (Å²) >= 11 is 0. The van der Waals surface area contributed by atoms with Crippen LogP contribution in [0.1, 0.15) is 25.2 Å². The number of rotatable bonds is 5. The van der Waals surface area contributed by atoms with Crippen LogP contribution in [0.4, 0.5) is 13.2 Å². The van der Waals surface area contributed by atoms with Gasteiger partial charge in [-0.05, 0) is 13.3 Å². The lowest BCUT2D eigenvalue weighted by Crippen LogP contribution is -2.13. The molecule has 0 N–H and O–H groups in total. The third-order valence-corrected chi connectivity index (χ3v) is 3.41. The normalized spacial score (nSPS) is 22.2. The molecule has 2 aromatic rings. The van der Waals surface area contributed by atoms with Gasteiger partial charge in [0.2, 0.25) is 17.6 Å². The van der Waals surface area contributed by atoms with Crippen LogP contribution in [0.25, 0.3) is 11.4 Å². The van der Waals surface area contributed by atoms with Gasteiger partial charge in [-0.3, -0.25) is 4.68 Å². The van der Waals surface area contributed by atoms with Crippen LogP contribution in [0.3, 0.4) is 0 Å². The van der Waals surface area contributed by atoms with Crippen molar-refractivity contribution in [1.29, 1.82) is 0 Å². The summed E-state index contributed by atoms with van der Waals surface area (Å²) in [7, 11) is 0. The highest BCUT2D eigenvalue weighted by Crippen LogP contribution is 2.54. The molecule has 8 heteroatoms. The number of aryl methyl sites for hydroxylation is 1. The lowest BCUT2D eigenvalue weighted by Gasteiger charge is -2.06. The lowest BCUT2D eigenvalue weighted by molar-refractivity contribution is -0.00504. The minimum absolute atomic E-state index is 0.150. The van der Waals surface area contributed by atoms with Gasteiger partial charge in [0, 0.05) is 18.0 Å². The maximum atomic E-state index is 13.1. The predicted molar refractivity (Wildman–Crippen MR) is 63.0 cm³/mol. The van der Waals surface area contributed by atoms with E-state index in [0.717, 1.165) is 6.92 Å². The minimum atomic E-state index is -2.73. The zero-order valence-electron chi connectivity index (χ0n) is 10.8. The van der Waals surface area contributed by atoms with Gasteiger partial charge in [-0.2, -0.15) is 10.1 Å². The van der Waals surface area contributed by atoms with Gasteiger partial charge >= 0.3 is 0 Å². The number of nitrogens with zero attached hydrogens (tertiary/aromatic N) is 4. The molecule has 0 amide bonds. The summed E-state index contributed by atoms with van der Waals surface area (Å²) in [5.41, 5.74) is 0.578. The Morgan fingerprint density at radius 1 is 1.50 bits per heavy atom. The molecule has 0 spiro atoms. The standard InChI is InChI=1S/C12H13F3N4O/c1-12(14,15)9-4-8(9)11-17-10(18-20-11)7-5-16-19(6-7)3-2-13/h5-6,8-9H,2-4H2,1H3/t8-,9-/m1/s1. The quantitative estimate of drug-likeness (QED) is 0.848. The first kappa shape index (κ1) is 13.1. The fourth-order valence-electron chi connectivity index (χ4n) is 2.22.